The Hall–Kier alpha value is -3.78. The van der Waals surface area contributed by atoms with Gasteiger partial charge in [-0.1, -0.05) is 54.6 Å². The molecule has 1 amide bonds. The molecule has 2 aliphatic heterocycles. The molecule has 0 spiro atoms. The summed E-state index contributed by atoms with van der Waals surface area (Å²) in [5.74, 6) is -1.78. The largest absolute Gasteiger partial charge is 0.461 e. The number of hydrogen-bond acceptors (Lipinski definition) is 5. The summed E-state index contributed by atoms with van der Waals surface area (Å²) in [6.45, 7) is 1.95. The third-order valence-electron chi connectivity index (χ3n) is 6.94. The lowest BCUT2D eigenvalue weighted by Crippen LogP contribution is -2.33. The van der Waals surface area contributed by atoms with Crippen molar-refractivity contribution in [2.24, 2.45) is 0 Å². The average molecular weight is 507 g/mol. The third-order valence-corrected chi connectivity index (χ3v) is 6.94. The summed E-state index contributed by atoms with van der Waals surface area (Å²) in [4.78, 5) is 23.9. The van der Waals surface area contributed by atoms with Gasteiger partial charge < -0.3 is 20.1 Å². The molecule has 1 unspecified atom stereocenters. The molecular weight excluding hydrogens is 478 g/mol. The van der Waals surface area contributed by atoms with E-state index in [1.807, 2.05) is 54.6 Å². The van der Waals surface area contributed by atoms with E-state index in [4.69, 9.17) is 9.47 Å². The summed E-state index contributed by atoms with van der Waals surface area (Å²) in [7, 11) is 0. The van der Waals surface area contributed by atoms with E-state index in [2.05, 4.69) is 10.6 Å². The highest BCUT2D eigenvalue weighted by molar-refractivity contribution is 5.71. The molecule has 2 heterocycles. The molecule has 8 heteroatoms. The van der Waals surface area contributed by atoms with Gasteiger partial charge in [-0.05, 0) is 40.8 Å². The lowest BCUT2D eigenvalue weighted by atomic mass is 9.80. The molecule has 192 valence electrons. The molecule has 2 N–H and O–H groups in total. The molecule has 0 saturated carbocycles. The Kier molecular flexibility index (Phi) is 7.19. The second-order valence-electron chi connectivity index (χ2n) is 9.56. The van der Waals surface area contributed by atoms with Crippen molar-refractivity contribution >= 4 is 12.1 Å². The van der Waals surface area contributed by atoms with Gasteiger partial charge in [0.1, 0.15) is 23.8 Å². The smallest absolute Gasteiger partial charge is 0.408 e. The number of carbonyl (C=O) groups excluding carboxylic acids is 2. The normalized spacial score (nSPS) is 23.8. The van der Waals surface area contributed by atoms with Gasteiger partial charge in [0.05, 0.1) is 6.04 Å². The van der Waals surface area contributed by atoms with Crippen LogP contribution < -0.4 is 10.6 Å². The van der Waals surface area contributed by atoms with E-state index in [0.29, 0.717) is 18.5 Å². The van der Waals surface area contributed by atoms with Crippen LogP contribution in [-0.2, 0) is 20.7 Å². The lowest BCUT2D eigenvalue weighted by molar-refractivity contribution is -0.145. The van der Waals surface area contributed by atoms with Gasteiger partial charge in [0.25, 0.3) is 0 Å². The van der Waals surface area contributed by atoms with Crippen LogP contribution in [0.15, 0.2) is 72.8 Å². The van der Waals surface area contributed by atoms with Gasteiger partial charge in [0.2, 0.25) is 0 Å². The number of cyclic esters (lactones) is 1. The minimum Gasteiger partial charge on any atom is -0.461 e. The van der Waals surface area contributed by atoms with E-state index in [0.717, 1.165) is 22.8 Å². The van der Waals surface area contributed by atoms with Crippen molar-refractivity contribution in [1.29, 1.82) is 0 Å². The molecule has 37 heavy (non-hydrogen) atoms. The Labute approximate surface area is 214 Å². The average Bonchev–Trinajstić information content (AvgIpc) is 3.45. The summed E-state index contributed by atoms with van der Waals surface area (Å²) < 4.78 is 38.9. The fraction of sp³-hybridized carbons (Fsp3) is 0.310. The molecule has 2 aliphatic rings. The van der Waals surface area contributed by atoms with Gasteiger partial charge in [-0.15, -0.1) is 0 Å². The maximum Gasteiger partial charge on any atom is 0.408 e. The van der Waals surface area contributed by atoms with Gasteiger partial charge in [-0.2, -0.15) is 0 Å². The minimum absolute atomic E-state index is 0.0336. The van der Waals surface area contributed by atoms with Crippen LogP contribution in [0.25, 0.3) is 0 Å². The van der Waals surface area contributed by atoms with E-state index in [9.17, 15) is 18.4 Å². The first-order valence-corrected chi connectivity index (χ1v) is 12.3. The van der Waals surface area contributed by atoms with Crippen LogP contribution in [0.3, 0.4) is 0 Å². The molecule has 5 atom stereocenters. The first-order chi connectivity index (χ1) is 17.9. The van der Waals surface area contributed by atoms with Crippen molar-refractivity contribution < 1.29 is 27.8 Å². The Morgan fingerprint density at radius 2 is 1.76 bits per heavy atom. The lowest BCUT2D eigenvalue weighted by Gasteiger charge is -2.29. The van der Waals surface area contributed by atoms with Gasteiger partial charge in [-0.3, -0.25) is 4.79 Å². The van der Waals surface area contributed by atoms with Crippen molar-refractivity contribution in [2.45, 2.75) is 50.0 Å². The summed E-state index contributed by atoms with van der Waals surface area (Å²) >= 11 is 0. The summed E-state index contributed by atoms with van der Waals surface area (Å²) in [5, 5.41) is 6.33. The van der Waals surface area contributed by atoms with Crippen molar-refractivity contribution in [1.82, 2.24) is 10.6 Å². The Morgan fingerprint density at radius 1 is 1.05 bits per heavy atom. The highest BCUT2D eigenvalue weighted by Crippen LogP contribution is 2.39. The maximum absolute atomic E-state index is 13.8. The Morgan fingerprint density at radius 3 is 2.49 bits per heavy atom. The zero-order chi connectivity index (χ0) is 25.9. The number of carbonyl (C=O) groups is 2. The number of esters is 1. The molecule has 0 bridgehead atoms. The number of halogens is 2. The predicted octanol–water partition coefficient (Wildman–Crippen LogP) is 4.78. The predicted molar refractivity (Wildman–Crippen MR) is 133 cm³/mol. The van der Waals surface area contributed by atoms with Crippen LogP contribution in [-0.4, -0.2) is 36.8 Å². The van der Waals surface area contributed by atoms with Crippen LogP contribution >= 0.6 is 0 Å². The monoisotopic (exact) mass is 506 g/mol. The molecular formula is C29H28F2N2O4. The molecule has 0 aromatic heterocycles. The van der Waals surface area contributed by atoms with E-state index in [1.165, 1.54) is 19.1 Å². The first kappa shape index (κ1) is 24.9. The van der Waals surface area contributed by atoms with Crippen molar-refractivity contribution in [2.75, 3.05) is 6.54 Å². The zero-order valence-electron chi connectivity index (χ0n) is 20.3. The van der Waals surface area contributed by atoms with E-state index in [-0.39, 0.29) is 30.5 Å². The number of alkyl carbamates (subject to hydrolysis) is 1. The molecule has 2 fully saturated rings. The molecule has 3 aromatic rings. The summed E-state index contributed by atoms with van der Waals surface area (Å²) in [5.41, 5.74) is 3.27. The minimum atomic E-state index is -0.670. The topological polar surface area (TPSA) is 76.7 Å². The first-order valence-electron chi connectivity index (χ1n) is 12.3. The highest BCUT2D eigenvalue weighted by atomic mass is 19.1. The Bertz CT molecular complexity index is 1270. The molecule has 3 aromatic carbocycles. The number of benzene rings is 3. The van der Waals surface area contributed by atoms with Crippen molar-refractivity contribution in [3.63, 3.8) is 0 Å². The van der Waals surface area contributed by atoms with Crippen LogP contribution in [0.4, 0.5) is 13.6 Å². The molecule has 2 saturated heterocycles. The van der Waals surface area contributed by atoms with Crippen LogP contribution in [0.2, 0.25) is 0 Å². The quantitative estimate of drug-likeness (QED) is 0.451. The molecule has 6 nitrogen and oxygen atoms in total. The van der Waals surface area contributed by atoms with E-state index in [1.54, 1.807) is 0 Å². The number of rotatable bonds is 7. The van der Waals surface area contributed by atoms with Crippen LogP contribution in [0, 0.1) is 11.6 Å². The fourth-order valence-electron chi connectivity index (χ4n) is 5.53. The number of ether oxygens (including phenoxy) is 2. The maximum atomic E-state index is 13.8. The van der Waals surface area contributed by atoms with Gasteiger partial charge >= 0.3 is 12.1 Å². The van der Waals surface area contributed by atoms with Gasteiger partial charge in [0, 0.05) is 37.9 Å². The zero-order valence-corrected chi connectivity index (χ0v) is 20.3. The third kappa shape index (κ3) is 5.64. The van der Waals surface area contributed by atoms with Crippen LogP contribution in [0.1, 0.15) is 47.6 Å². The second-order valence-corrected chi connectivity index (χ2v) is 9.56. The fourth-order valence-corrected chi connectivity index (χ4v) is 5.53. The summed E-state index contributed by atoms with van der Waals surface area (Å²) in [6, 6.07) is 20.6. The van der Waals surface area contributed by atoms with Crippen molar-refractivity contribution in [3.05, 3.63) is 107 Å². The Balaban J connectivity index is 1.50. The number of hydrogen-bond donors (Lipinski definition) is 2. The van der Waals surface area contributed by atoms with Crippen molar-refractivity contribution in [3.8, 4) is 0 Å². The molecule has 0 aliphatic carbocycles. The standard InChI is InChI=1S/C29H28F2N2O4/c1-17(34)36-22-15-25(32-16-22)27(19-7-3-2-4-8-19)23-9-5-6-10-24(23)28-26(33-29(35)37-28)13-18-11-20(30)14-21(31)12-18/h2-12,14,22,25-28,32H,13,15-16H2,1H3,(H,33,35)/t22-,25+,26-,27?,28-/m0/s1. The number of amides is 1. The van der Waals surface area contributed by atoms with E-state index >= 15 is 0 Å². The van der Waals surface area contributed by atoms with Gasteiger partial charge in [-0.25, -0.2) is 13.6 Å². The second kappa shape index (κ2) is 10.7. The molecule has 5 rings (SSSR count). The van der Waals surface area contributed by atoms with Gasteiger partial charge in [0.15, 0.2) is 0 Å². The summed E-state index contributed by atoms with van der Waals surface area (Å²) in [6.07, 6.45) is -0.644. The number of nitrogens with one attached hydrogen (secondary N) is 2. The highest BCUT2D eigenvalue weighted by Gasteiger charge is 2.40. The van der Waals surface area contributed by atoms with Crippen LogP contribution in [0.5, 0.6) is 0 Å². The molecule has 0 radical (unpaired) electrons. The SMILES string of the molecule is CC(=O)O[C@@H]1CN[C@@H](C(c2ccccc2)c2ccccc2[C@@H]2OC(=O)N[C@H]2Cc2cc(F)cc(F)c2)C1. The van der Waals surface area contributed by atoms with E-state index < -0.39 is 29.9 Å².